The standard InChI is InChI=1S/C20H21N5O2/c1-24-18-10-16(7-8-17(18)22-23-24)20(27)21-11-15-9-19(26)25(13-15)12-14-5-3-2-4-6-14/h2-8,10,15H,9,11-13H2,1H3,(H,21,27). The smallest absolute Gasteiger partial charge is 0.251 e. The number of fused-ring (bicyclic) bond motifs is 1. The summed E-state index contributed by atoms with van der Waals surface area (Å²) in [5.74, 6) is 0.125. The van der Waals surface area contributed by atoms with Crippen molar-refractivity contribution in [3.63, 3.8) is 0 Å². The first-order chi connectivity index (χ1) is 13.1. The molecule has 2 aromatic carbocycles. The normalized spacial score (nSPS) is 16.9. The second-order valence-electron chi connectivity index (χ2n) is 6.96. The van der Waals surface area contributed by atoms with Gasteiger partial charge in [0.1, 0.15) is 5.52 Å². The maximum atomic E-state index is 12.5. The first-order valence-corrected chi connectivity index (χ1v) is 8.99. The van der Waals surface area contributed by atoms with Gasteiger partial charge in [0.15, 0.2) is 0 Å². The maximum absolute atomic E-state index is 12.5. The van der Waals surface area contributed by atoms with E-state index in [9.17, 15) is 9.59 Å². The van der Waals surface area contributed by atoms with E-state index in [1.807, 2.05) is 35.2 Å². The Morgan fingerprint density at radius 2 is 2.04 bits per heavy atom. The molecule has 2 heterocycles. The van der Waals surface area contributed by atoms with Gasteiger partial charge in [-0.2, -0.15) is 0 Å². The van der Waals surface area contributed by atoms with Crippen LogP contribution < -0.4 is 5.32 Å². The number of amides is 2. The van der Waals surface area contributed by atoms with E-state index in [0.717, 1.165) is 16.6 Å². The molecule has 1 fully saturated rings. The highest BCUT2D eigenvalue weighted by Crippen LogP contribution is 2.20. The Hall–Kier alpha value is -3.22. The third-order valence-electron chi connectivity index (χ3n) is 4.94. The zero-order chi connectivity index (χ0) is 18.8. The van der Waals surface area contributed by atoms with Crippen molar-refractivity contribution in [2.24, 2.45) is 13.0 Å². The Morgan fingerprint density at radius 1 is 1.22 bits per heavy atom. The maximum Gasteiger partial charge on any atom is 0.251 e. The van der Waals surface area contributed by atoms with E-state index in [2.05, 4.69) is 15.6 Å². The summed E-state index contributed by atoms with van der Waals surface area (Å²) in [5.41, 5.74) is 3.26. The van der Waals surface area contributed by atoms with Crippen LogP contribution in [0.2, 0.25) is 0 Å². The van der Waals surface area contributed by atoms with Crippen LogP contribution in [0, 0.1) is 5.92 Å². The van der Waals surface area contributed by atoms with Gasteiger partial charge in [-0.25, -0.2) is 4.68 Å². The van der Waals surface area contributed by atoms with Crippen molar-refractivity contribution in [1.29, 1.82) is 0 Å². The Bertz CT molecular complexity index is 982. The molecule has 1 aliphatic heterocycles. The number of nitrogens with zero attached hydrogens (tertiary/aromatic N) is 4. The summed E-state index contributed by atoms with van der Waals surface area (Å²) < 4.78 is 1.64. The van der Waals surface area contributed by atoms with Crippen LogP contribution in [0.15, 0.2) is 48.5 Å². The quantitative estimate of drug-likeness (QED) is 0.749. The Morgan fingerprint density at radius 3 is 2.85 bits per heavy atom. The van der Waals surface area contributed by atoms with Gasteiger partial charge in [0.2, 0.25) is 5.91 Å². The van der Waals surface area contributed by atoms with Gasteiger partial charge >= 0.3 is 0 Å². The van der Waals surface area contributed by atoms with Crippen molar-refractivity contribution < 1.29 is 9.59 Å². The number of benzene rings is 2. The largest absolute Gasteiger partial charge is 0.352 e. The minimum absolute atomic E-state index is 0.132. The van der Waals surface area contributed by atoms with Crippen LogP contribution in [0.3, 0.4) is 0 Å². The number of likely N-dealkylation sites (tertiary alicyclic amines) is 1. The fraction of sp³-hybridized carbons (Fsp3) is 0.300. The molecule has 27 heavy (non-hydrogen) atoms. The molecule has 7 heteroatoms. The summed E-state index contributed by atoms with van der Waals surface area (Å²) in [6, 6.07) is 15.3. The van der Waals surface area contributed by atoms with Crippen molar-refractivity contribution >= 4 is 22.8 Å². The second kappa shape index (κ2) is 7.19. The molecular weight excluding hydrogens is 342 g/mol. The molecule has 7 nitrogen and oxygen atoms in total. The number of hydrogen-bond acceptors (Lipinski definition) is 4. The molecule has 4 rings (SSSR count). The lowest BCUT2D eigenvalue weighted by atomic mass is 10.1. The van der Waals surface area contributed by atoms with Crippen LogP contribution in [0.5, 0.6) is 0 Å². The minimum Gasteiger partial charge on any atom is -0.352 e. The monoisotopic (exact) mass is 363 g/mol. The lowest BCUT2D eigenvalue weighted by Gasteiger charge is -2.17. The molecule has 0 spiro atoms. The van der Waals surface area contributed by atoms with Crippen LogP contribution >= 0.6 is 0 Å². The van der Waals surface area contributed by atoms with Crippen molar-refractivity contribution in [3.05, 3.63) is 59.7 Å². The van der Waals surface area contributed by atoms with E-state index in [4.69, 9.17) is 0 Å². The van der Waals surface area contributed by atoms with Crippen LogP contribution in [-0.2, 0) is 18.4 Å². The molecule has 3 aromatic rings. The third-order valence-corrected chi connectivity index (χ3v) is 4.94. The van der Waals surface area contributed by atoms with Crippen molar-refractivity contribution in [1.82, 2.24) is 25.2 Å². The van der Waals surface area contributed by atoms with E-state index in [0.29, 0.717) is 31.6 Å². The zero-order valence-corrected chi connectivity index (χ0v) is 15.1. The minimum atomic E-state index is -0.146. The van der Waals surface area contributed by atoms with Crippen molar-refractivity contribution in [3.8, 4) is 0 Å². The molecule has 1 aromatic heterocycles. The summed E-state index contributed by atoms with van der Waals surface area (Å²) in [6.45, 7) is 1.77. The van der Waals surface area contributed by atoms with E-state index >= 15 is 0 Å². The van der Waals surface area contributed by atoms with Crippen LogP contribution in [0.1, 0.15) is 22.3 Å². The predicted molar refractivity (Wildman–Crippen MR) is 101 cm³/mol. The van der Waals surface area contributed by atoms with Crippen LogP contribution in [0.4, 0.5) is 0 Å². The molecular formula is C20H21N5O2. The highest BCUT2D eigenvalue weighted by molar-refractivity contribution is 5.97. The first-order valence-electron chi connectivity index (χ1n) is 8.99. The number of hydrogen-bond donors (Lipinski definition) is 1. The lowest BCUT2D eigenvalue weighted by Crippen LogP contribution is -2.31. The molecule has 138 valence electrons. The van der Waals surface area contributed by atoms with Gasteiger partial charge in [-0.15, -0.1) is 5.10 Å². The highest BCUT2D eigenvalue weighted by atomic mass is 16.2. The van der Waals surface area contributed by atoms with Crippen LogP contribution in [0.25, 0.3) is 11.0 Å². The fourth-order valence-corrected chi connectivity index (χ4v) is 3.46. The number of carbonyl (C=O) groups excluding carboxylic acids is 2. The third kappa shape index (κ3) is 3.67. The second-order valence-corrected chi connectivity index (χ2v) is 6.96. The number of rotatable bonds is 5. The van der Waals surface area contributed by atoms with Crippen LogP contribution in [-0.4, -0.2) is 44.8 Å². The lowest BCUT2D eigenvalue weighted by molar-refractivity contribution is -0.128. The topological polar surface area (TPSA) is 80.1 Å². The number of carbonyl (C=O) groups is 2. The summed E-state index contributed by atoms with van der Waals surface area (Å²) in [5, 5.41) is 10.9. The molecule has 0 bridgehead atoms. The molecule has 0 saturated carbocycles. The molecule has 1 atom stereocenters. The number of nitrogens with one attached hydrogen (secondary N) is 1. The average molecular weight is 363 g/mol. The van der Waals surface area contributed by atoms with E-state index in [1.54, 1.807) is 29.9 Å². The first kappa shape index (κ1) is 17.2. The Labute approximate surface area is 157 Å². The van der Waals surface area contributed by atoms with Crippen molar-refractivity contribution in [2.45, 2.75) is 13.0 Å². The fourth-order valence-electron chi connectivity index (χ4n) is 3.46. The zero-order valence-electron chi connectivity index (χ0n) is 15.1. The Kier molecular flexibility index (Phi) is 4.58. The summed E-state index contributed by atoms with van der Waals surface area (Å²) in [7, 11) is 1.79. The average Bonchev–Trinajstić information content (AvgIpc) is 3.23. The summed E-state index contributed by atoms with van der Waals surface area (Å²) in [4.78, 5) is 26.6. The summed E-state index contributed by atoms with van der Waals surface area (Å²) in [6.07, 6.45) is 0.470. The van der Waals surface area contributed by atoms with E-state index in [1.165, 1.54) is 0 Å². The summed E-state index contributed by atoms with van der Waals surface area (Å²) >= 11 is 0. The number of aryl methyl sites for hydroxylation is 1. The van der Waals surface area contributed by atoms with E-state index in [-0.39, 0.29) is 17.7 Å². The van der Waals surface area contributed by atoms with Gasteiger partial charge in [0.25, 0.3) is 5.91 Å². The predicted octanol–water partition coefficient (Wildman–Crippen LogP) is 1.75. The highest BCUT2D eigenvalue weighted by Gasteiger charge is 2.29. The molecule has 1 saturated heterocycles. The Balaban J connectivity index is 1.35. The SMILES string of the molecule is Cn1nnc2ccc(C(=O)NCC3CC(=O)N(Cc4ccccc4)C3)cc21. The van der Waals surface area contributed by atoms with Gasteiger partial charge in [-0.3, -0.25) is 9.59 Å². The van der Waals surface area contributed by atoms with Gasteiger partial charge in [-0.1, -0.05) is 35.5 Å². The van der Waals surface area contributed by atoms with Gasteiger partial charge < -0.3 is 10.2 Å². The molecule has 2 amide bonds. The van der Waals surface area contributed by atoms with Gasteiger partial charge in [0, 0.05) is 44.6 Å². The molecule has 1 unspecified atom stereocenters. The molecule has 1 N–H and O–H groups in total. The molecule has 0 radical (unpaired) electrons. The van der Waals surface area contributed by atoms with Crippen molar-refractivity contribution in [2.75, 3.05) is 13.1 Å². The number of aromatic nitrogens is 3. The molecule has 0 aliphatic carbocycles. The molecule has 1 aliphatic rings. The van der Waals surface area contributed by atoms with Gasteiger partial charge in [-0.05, 0) is 23.8 Å². The van der Waals surface area contributed by atoms with E-state index < -0.39 is 0 Å². The van der Waals surface area contributed by atoms with Gasteiger partial charge in [0.05, 0.1) is 5.52 Å².